The number of rotatable bonds is 5. The molecule has 1 amide bonds. The molecule has 0 radical (unpaired) electrons. The van der Waals surface area contributed by atoms with Gasteiger partial charge in [0.05, 0.1) is 17.8 Å². The number of aryl methyl sites for hydroxylation is 2. The van der Waals surface area contributed by atoms with Crippen molar-refractivity contribution in [1.29, 1.82) is 0 Å². The van der Waals surface area contributed by atoms with Crippen LogP contribution in [0.5, 0.6) is 0 Å². The van der Waals surface area contributed by atoms with Crippen LogP contribution in [0.4, 0.5) is 0 Å². The van der Waals surface area contributed by atoms with E-state index in [1.807, 2.05) is 55.6 Å². The maximum absolute atomic E-state index is 12.9. The molecule has 1 aromatic carbocycles. The monoisotopic (exact) mass is 388 g/mol. The second-order valence-electron chi connectivity index (χ2n) is 7.58. The van der Waals surface area contributed by atoms with Crippen molar-refractivity contribution in [2.45, 2.75) is 40.0 Å². The lowest BCUT2D eigenvalue weighted by molar-refractivity contribution is -0.132. The van der Waals surface area contributed by atoms with Gasteiger partial charge >= 0.3 is 0 Å². The molecule has 1 fully saturated rings. The third-order valence-corrected chi connectivity index (χ3v) is 5.94. The van der Waals surface area contributed by atoms with Gasteiger partial charge in [-0.15, -0.1) is 0 Å². The van der Waals surface area contributed by atoms with Gasteiger partial charge in [0.25, 0.3) is 0 Å². The topological polar surface area (TPSA) is 50.2 Å². The van der Waals surface area contributed by atoms with E-state index in [2.05, 4.69) is 10.4 Å². The number of carbonyl (C=O) groups is 1. The number of nitrogens with zero attached hydrogens (tertiary/aromatic N) is 3. The zero-order valence-electron chi connectivity index (χ0n) is 16.7. The Kier molecular flexibility index (Phi) is 6.22. The quantitative estimate of drug-likeness (QED) is 0.853. The van der Waals surface area contributed by atoms with Gasteiger partial charge in [-0.3, -0.25) is 4.79 Å². The van der Waals surface area contributed by atoms with E-state index in [0.717, 1.165) is 59.3 Å². The van der Waals surface area contributed by atoms with Crippen LogP contribution in [0.2, 0.25) is 5.02 Å². The van der Waals surface area contributed by atoms with Gasteiger partial charge in [0, 0.05) is 29.4 Å². The molecule has 6 heteroatoms. The molecular weight excluding hydrogens is 360 g/mol. The molecule has 0 bridgehead atoms. The Balaban J connectivity index is 1.78. The summed E-state index contributed by atoms with van der Waals surface area (Å²) in [5, 5.41) is 8.63. The predicted molar refractivity (Wildman–Crippen MR) is 110 cm³/mol. The highest BCUT2D eigenvalue weighted by Crippen LogP contribution is 2.24. The number of aromatic nitrogens is 2. The van der Waals surface area contributed by atoms with Crippen LogP contribution in [-0.4, -0.2) is 47.3 Å². The van der Waals surface area contributed by atoms with E-state index in [9.17, 15) is 4.79 Å². The van der Waals surface area contributed by atoms with Gasteiger partial charge < -0.3 is 10.2 Å². The molecular formula is C21H29ClN4O. The number of carbonyl (C=O) groups excluding carboxylic acids is 1. The lowest BCUT2D eigenvalue weighted by Crippen LogP contribution is -2.43. The summed E-state index contributed by atoms with van der Waals surface area (Å²) >= 11 is 6.28. The molecule has 3 rings (SSSR count). The third kappa shape index (κ3) is 4.36. The van der Waals surface area contributed by atoms with Crippen molar-refractivity contribution >= 4 is 17.5 Å². The molecule has 2 heterocycles. The fourth-order valence-electron chi connectivity index (χ4n) is 3.91. The normalized spacial score (nSPS) is 17.4. The Morgan fingerprint density at radius 1 is 1.33 bits per heavy atom. The van der Waals surface area contributed by atoms with Crippen LogP contribution in [0.25, 0.3) is 5.69 Å². The average Bonchev–Trinajstić information content (AvgIpc) is 2.92. The highest BCUT2D eigenvalue weighted by molar-refractivity contribution is 6.31. The molecule has 27 heavy (non-hydrogen) atoms. The second kappa shape index (κ2) is 8.44. The standard InChI is InChI=1S/C21H29ClN4O/c1-14-7-8-18(10-20(14)22)26-16(3)19(15(2)24-26)11-21(27)25-9-5-6-17(13-25)12-23-4/h7-8,10,17,23H,5-6,9,11-13H2,1-4H3/t17-/m1/s1. The zero-order chi connectivity index (χ0) is 19.6. The Bertz CT molecular complexity index is 828. The Hall–Kier alpha value is -1.85. The summed E-state index contributed by atoms with van der Waals surface area (Å²) in [4.78, 5) is 14.9. The van der Waals surface area contributed by atoms with Gasteiger partial charge in [-0.1, -0.05) is 17.7 Å². The third-order valence-electron chi connectivity index (χ3n) is 5.53. The Labute approximate surface area is 166 Å². The summed E-state index contributed by atoms with van der Waals surface area (Å²) in [5.41, 5.74) is 4.90. The molecule has 1 atom stereocenters. The summed E-state index contributed by atoms with van der Waals surface area (Å²) in [6.07, 6.45) is 2.68. The fourth-order valence-corrected chi connectivity index (χ4v) is 4.08. The van der Waals surface area contributed by atoms with Gasteiger partial charge in [0.2, 0.25) is 5.91 Å². The number of piperidine rings is 1. The van der Waals surface area contributed by atoms with Gasteiger partial charge in [-0.2, -0.15) is 5.10 Å². The second-order valence-corrected chi connectivity index (χ2v) is 7.98. The number of hydrogen-bond donors (Lipinski definition) is 1. The molecule has 0 unspecified atom stereocenters. The van der Waals surface area contributed by atoms with E-state index >= 15 is 0 Å². The van der Waals surface area contributed by atoms with E-state index in [-0.39, 0.29) is 5.91 Å². The number of hydrogen-bond acceptors (Lipinski definition) is 3. The van der Waals surface area contributed by atoms with Gasteiger partial charge in [0.1, 0.15) is 0 Å². The summed E-state index contributed by atoms with van der Waals surface area (Å²) in [7, 11) is 1.97. The first kappa shape index (κ1) is 19.9. The van der Waals surface area contributed by atoms with E-state index in [0.29, 0.717) is 12.3 Å². The highest BCUT2D eigenvalue weighted by atomic mass is 35.5. The van der Waals surface area contributed by atoms with Crippen molar-refractivity contribution in [3.8, 4) is 5.69 Å². The minimum atomic E-state index is 0.198. The van der Waals surface area contributed by atoms with Crippen molar-refractivity contribution in [3.63, 3.8) is 0 Å². The number of likely N-dealkylation sites (tertiary alicyclic amines) is 1. The molecule has 1 aliphatic rings. The fraction of sp³-hybridized carbons (Fsp3) is 0.524. The lowest BCUT2D eigenvalue weighted by atomic mass is 9.97. The van der Waals surface area contributed by atoms with Crippen LogP contribution in [0, 0.1) is 26.7 Å². The molecule has 1 N–H and O–H groups in total. The summed E-state index contributed by atoms with van der Waals surface area (Å²) in [5.74, 6) is 0.746. The van der Waals surface area contributed by atoms with Crippen LogP contribution in [0.15, 0.2) is 18.2 Å². The molecule has 5 nitrogen and oxygen atoms in total. The minimum Gasteiger partial charge on any atom is -0.342 e. The summed E-state index contributed by atoms with van der Waals surface area (Å²) < 4.78 is 1.89. The Morgan fingerprint density at radius 2 is 2.11 bits per heavy atom. The van der Waals surface area contributed by atoms with Crippen molar-refractivity contribution in [2.75, 3.05) is 26.7 Å². The summed E-state index contributed by atoms with van der Waals surface area (Å²) in [6, 6.07) is 5.93. The molecule has 146 valence electrons. The first-order chi connectivity index (χ1) is 12.9. The molecule has 0 aliphatic carbocycles. The maximum atomic E-state index is 12.9. The SMILES string of the molecule is CNC[C@H]1CCCN(C(=O)Cc2c(C)nn(-c3ccc(C)c(Cl)c3)c2C)C1. The van der Waals surface area contributed by atoms with E-state index in [1.165, 1.54) is 6.42 Å². The van der Waals surface area contributed by atoms with Crippen molar-refractivity contribution in [2.24, 2.45) is 5.92 Å². The van der Waals surface area contributed by atoms with E-state index in [1.54, 1.807) is 0 Å². The number of amides is 1. The molecule has 1 aliphatic heterocycles. The average molecular weight is 389 g/mol. The molecule has 2 aromatic rings. The van der Waals surface area contributed by atoms with Gasteiger partial charge in [0.15, 0.2) is 0 Å². The number of nitrogens with one attached hydrogen (secondary N) is 1. The zero-order valence-corrected chi connectivity index (χ0v) is 17.4. The first-order valence-corrected chi connectivity index (χ1v) is 10.0. The summed E-state index contributed by atoms with van der Waals surface area (Å²) in [6.45, 7) is 8.65. The van der Waals surface area contributed by atoms with Gasteiger partial charge in [-0.05, 0) is 70.8 Å². The predicted octanol–water partition coefficient (Wildman–Crippen LogP) is 3.45. The van der Waals surface area contributed by atoms with E-state index < -0.39 is 0 Å². The van der Waals surface area contributed by atoms with Crippen LogP contribution >= 0.6 is 11.6 Å². The van der Waals surface area contributed by atoms with Gasteiger partial charge in [-0.25, -0.2) is 4.68 Å². The van der Waals surface area contributed by atoms with Crippen LogP contribution in [-0.2, 0) is 11.2 Å². The van der Waals surface area contributed by atoms with Crippen molar-refractivity contribution in [1.82, 2.24) is 20.0 Å². The van der Waals surface area contributed by atoms with E-state index in [4.69, 9.17) is 11.6 Å². The van der Waals surface area contributed by atoms with Crippen molar-refractivity contribution in [3.05, 3.63) is 45.7 Å². The lowest BCUT2D eigenvalue weighted by Gasteiger charge is -2.32. The largest absolute Gasteiger partial charge is 0.342 e. The smallest absolute Gasteiger partial charge is 0.227 e. The molecule has 1 saturated heterocycles. The Morgan fingerprint density at radius 3 is 2.81 bits per heavy atom. The number of halogens is 1. The van der Waals surface area contributed by atoms with Crippen LogP contribution < -0.4 is 5.32 Å². The highest BCUT2D eigenvalue weighted by Gasteiger charge is 2.25. The molecule has 1 aromatic heterocycles. The maximum Gasteiger partial charge on any atom is 0.227 e. The molecule has 0 saturated carbocycles. The molecule has 0 spiro atoms. The minimum absolute atomic E-state index is 0.198. The van der Waals surface area contributed by atoms with Crippen LogP contribution in [0.3, 0.4) is 0 Å². The van der Waals surface area contributed by atoms with Crippen LogP contribution in [0.1, 0.15) is 35.4 Å². The first-order valence-electron chi connectivity index (χ1n) is 9.64. The van der Waals surface area contributed by atoms with Crippen molar-refractivity contribution < 1.29 is 4.79 Å². The number of benzene rings is 1.